The fraction of sp³-hybridized carbons (Fsp3) is 0.125. The molecule has 0 heterocycles. The van der Waals surface area contributed by atoms with Crippen molar-refractivity contribution in [2.45, 2.75) is 0 Å². The predicted octanol–water partition coefficient (Wildman–Crippen LogP) is 1.23. The molecule has 0 unspecified atom stereocenters. The Kier molecular flexibility index (Phi) is 5.68. The van der Waals surface area contributed by atoms with Gasteiger partial charge < -0.3 is 4.74 Å². The van der Waals surface area contributed by atoms with Gasteiger partial charge in [0.1, 0.15) is 5.75 Å². The molecule has 0 aliphatic carbocycles. The van der Waals surface area contributed by atoms with E-state index >= 15 is 0 Å². The molecule has 1 nitrogen and oxygen atoms in total. The number of rotatable bonds is 1. The van der Waals surface area contributed by atoms with Gasteiger partial charge in [0.2, 0.25) is 0 Å². The molecule has 0 aliphatic heterocycles. The zero-order valence-corrected chi connectivity index (χ0v) is 5.42. The molecule has 2 heteroatoms. The summed E-state index contributed by atoms with van der Waals surface area (Å²) in [6, 6.07) is 7.67. The van der Waals surface area contributed by atoms with E-state index < -0.39 is 0 Å². The minimum atomic E-state index is 0. The van der Waals surface area contributed by atoms with Gasteiger partial charge in [-0.2, -0.15) is 0 Å². The van der Waals surface area contributed by atoms with E-state index in [-0.39, 0.29) is 51.4 Å². The normalized spacial score (nSPS) is 8.20. The Balaban J connectivity index is 0.000000810. The van der Waals surface area contributed by atoms with Crippen LogP contribution in [-0.2, 0) is 0 Å². The Morgan fingerprint density at radius 3 is 2.30 bits per heavy atom. The number of para-hydroxylation sites is 1. The van der Waals surface area contributed by atoms with Crippen LogP contribution in [0.3, 0.4) is 0 Å². The summed E-state index contributed by atoms with van der Waals surface area (Å²) in [7, 11) is 1.64. The molecule has 0 aromatic heterocycles. The van der Waals surface area contributed by atoms with Crippen molar-refractivity contribution in [3.63, 3.8) is 0 Å². The van der Waals surface area contributed by atoms with Crippen molar-refractivity contribution >= 4 is 51.4 Å². The number of methoxy groups -OCH3 is 1. The Bertz CT molecular complexity index is 198. The maximum absolute atomic E-state index is 4.98. The summed E-state index contributed by atoms with van der Waals surface area (Å²) < 4.78 is 4.98. The minimum absolute atomic E-state index is 0. The van der Waals surface area contributed by atoms with E-state index in [0.29, 0.717) is 0 Å². The van der Waals surface area contributed by atoms with Crippen molar-refractivity contribution in [2.75, 3.05) is 7.11 Å². The van der Waals surface area contributed by atoms with Crippen LogP contribution in [-0.4, -0.2) is 58.5 Å². The second kappa shape index (κ2) is 5.33. The first-order chi connectivity index (χ1) is 4.34. The van der Waals surface area contributed by atoms with Gasteiger partial charge in [0.15, 0.2) is 0 Å². The van der Waals surface area contributed by atoms with Gasteiger partial charge in [-0.05, 0) is 18.6 Å². The van der Waals surface area contributed by atoms with E-state index in [2.05, 4.69) is 6.92 Å². The van der Waals surface area contributed by atoms with Gasteiger partial charge >= 0.3 is 51.4 Å². The van der Waals surface area contributed by atoms with Gasteiger partial charge in [0, 0.05) is 0 Å². The number of hydrogen-bond acceptors (Lipinski definition) is 1. The summed E-state index contributed by atoms with van der Waals surface area (Å²) in [6.45, 7) is 3.77. The fourth-order valence-electron chi connectivity index (χ4n) is 0.703. The van der Waals surface area contributed by atoms with Crippen LogP contribution < -0.4 is 4.74 Å². The molecule has 0 atom stereocenters. The molecule has 0 aliphatic rings. The van der Waals surface area contributed by atoms with Crippen LogP contribution in [0.15, 0.2) is 24.3 Å². The van der Waals surface area contributed by atoms with E-state index in [1.165, 1.54) is 0 Å². The topological polar surface area (TPSA) is 9.23 Å². The third-order valence-electron chi connectivity index (χ3n) is 1.19. The number of hydrogen-bond donors (Lipinski definition) is 0. The first-order valence-electron chi connectivity index (χ1n) is 2.79. The predicted molar refractivity (Wildman–Crippen MR) is 44.6 cm³/mol. The summed E-state index contributed by atoms with van der Waals surface area (Å²) in [5, 5.41) is 0. The third kappa shape index (κ3) is 2.72. The molecule has 1 rings (SSSR count). The summed E-state index contributed by atoms with van der Waals surface area (Å²) >= 11 is 0. The fourth-order valence-corrected chi connectivity index (χ4v) is 0.703. The molecule has 0 saturated heterocycles. The van der Waals surface area contributed by atoms with Gasteiger partial charge in [-0.3, -0.25) is 0 Å². The zero-order valence-electron chi connectivity index (χ0n) is 5.42. The Labute approximate surface area is 104 Å². The molecular formula is C8H10KO. The van der Waals surface area contributed by atoms with Crippen LogP contribution in [0.1, 0.15) is 5.56 Å². The molecule has 0 fully saturated rings. The Morgan fingerprint density at radius 2 is 1.90 bits per heavy atom. The summed E-state index contributed by atoms with van der Waals surface area (Å²) in [6.07, 6.45) is 0. The van der Waals surface area contributed by atoms with Gasteiger partial charge in [0.05, 0.1) is 7.11 Å². The van der Waals surface area contributed by atoms with Crippen molar-refractivity contribution in [2.24, 2.45) is 0 Å². The first-order valence-corrected chi connectivity index (χ1v) is 2.79. The standard InChI is InChI=1S/C8H9O.K.H/c1-7-5-3-4-6-8(7)9-2;;/h3-6H,1H2,2H3;;. The molecule has 10 heavy (non-hydrogen) atoms. The van der Waals surface area contributed by atoms with Crippen LogP contribution in [0.2, 0.25) is 0 Å². The van der Waals surface area contributed by atoms with E-state index in [4.69, 9.17) is 4.74 Å². The summed E-state index contributed by atoms with van der Waals surface area (Å²) in [5.74, 6) is 0.845. The Morgan fingerprint density at radius 1 is 1.30 bits per heavy atom. The maximum atomic E-state index is 4.98. The SMILES string of the molecule is [CH2]c1ccccc1OC.[KH]. The zero-order chi connectivity index (χ0) is 6.69. The van der Waals surface area contributed by atoms with Crippen molar-refractivity contribution in [3.05, 3.63) is 36.8 Å². The molecule has 1 aromatic carbocycles. The molecular weight excluding hydrogens is 151 g/mol. The molecule has 0 spiro atoms. The monoisotopic (exact) mass is 161 g/mol. The third-order valence-corrected chi connectivity index (χ3v) is 1.19. The molecule has 1 aromatic rings. The van der Waals surface area contributed by atoms with Crippen molar-refractivity contribution < 1.29 is 4.74 Å². The van der Waals surface area contributed by atoms with Gasteiger partial charge in [-0.25, -0.2) is 0 Å². The molecule has 0 saturated carbocycles. The molecule has 0 amide bonds. The average Bonchev–Trinajstić information content (AvgIpc) is 1.89. The van der Waals surface area contributed by atoms with E-state index in [1.54, 1.807) is 7.11 Å². The number of ether oxygens (including phenoxy) is 1. The molecule has 0 bridgehead atoms. The average molecular weight is 161 g/mol. The summed E-state index contributed by atoms with van der Waals surface area (Å²) in [4.78, 5) is 0. The summed E-state index contributed by atoms with van der Waals surface area (Å²) in [5.41, 5.74) is 0.931. The van der Waals surface area contributed by atoms with E-state index in [1.807, 2.05) is 24.3 Å². The van der Waals surface area contributed by atoms with Crippen LogP contribution in [0.5, 0.6) is 5.75 Å². The van der Waals surface area contributed by atoms with Crippen molar-refractivity contribution in [1.82, 2.24) is 0 Å². The van der Waals surface area contributed by atoms with Crippen molar-refractivity contribution in [3.8, 4) is 5.75 Å². The van der Waals surface area contributed by atoms with Crippen LogP contribution in [0.25, 0.3) is 0 Å². The van der Waals surface area contributed by atoms with Gasteiger partial charge in [-0.1, -0.05) is 18.2 Å². The van der Waals surface area contributed by atoms with E-state index in [9.17, 15) is 0 Å². The van der Waals surface area contributed by atoms with Crippen LogP contribution in [0.4, 0.5) is 0 Å². The first kappa shape index (κ1) is 10.7. The quantitative estimate of drug-likeness (QED) is 0.563. The van der Waals surface area contributed by atoms with Crippen molar-refractivity contribution in [1.29, 1.82) is 0 Å². The molecule has 49 valence electrons. The van der Waals surface area contributed by atoms with Gasteiger partial charge in [-0.15, -0.1) is 0 Å². The second-order valence-corrected chi connectivity index (χ2v) is 1.81. The second-order valence-electron chi connectivity index (χ2n) is 1.81. The van der Waals surface area contributed by atoms with Crippen LogP contribution >= 0.6 is 0 Å². The Hall–Kier alpha value is 0.656. The molecule has 0 N–H and O–H groups in total. The van der Waals surface area contributed by atoms with Gasteiger partial charge in [0.25, 0.3) is 0 Å². The van der Waals surface area contributed by atoms with E-state index in [0.717, 1.165) is 11.3 Å². The molecule has 1 radical (unpaired) electrons. The number of benzene rings is 1. The van der Waals surface area contributed by atoms with Crippen LogP contribution in [0, 0.1) is 6.92 Å².